The third-order valence-corrected chi connectivity index (χ3v) is 5.37. The lowest BCUT2D eigenvalue weighted by atomic mass is 9.93. The standard InChI is InChI=1S/C24H22N4O5/c1-15-22-19(26-27-21(29)13-16-7-3-2-4-8-16)11-6-12-20(22)33-23(15)24(30)25-17-9-5-10-18(14-17)28(31)32/h2-5,7-10,14H,6,11-13H2,1H3,(H,25,30)(H,27,29)/b26-19+. The van der Waals surface area contributed by atoms with Crippen molar-refractivity contribution in [2.24, 2.45) is 5.10 Å². The first-order valence-corrected chi connectivity index (χ1v) is 10.5. The molecule has 0 atom stereocenters. The minimum atomic E-state index is -0.526. The Kier molecular flexibility index (Phi) is 6.30. The normalized spacial score (nSPS) is 13.9. The van der Waals surface area contributed by atoms with Gasteiger partial charge in [0, 0.05) is 35.4 Å². The zero-order chi connectivity index (χ0) is 23.4. The van der Waals surface area contributed by atoms with E-state index in [1.165, 1.54) is 18.2 Å². The van der Waals surface area contributed by atoms with E-state index in [1.807, 2.05) is 30.3 Å². The average Bonchev–Trinajstić information content (AvgIpc) is 3.16. The van der Waals surface area contributed by atoms with Gasteiger partial charge in [-0.2, -0.15) is 5.10 Å². The first-order chi connectivity index (χ1) is 15.9. The van der Waals surface area contributed by atoms with Crippen molar-refractivity contribution in [1.29, 1.82) is 0 Å². The monoisotopic (exact) mass is 446 g/mol. The van der Waals surface area contributed by atoms with E-state index in [9.17, 15) is 19.7 Å². The number of amides is 2. The fraction of sp³-hybridized carbons (Fsp3) is 0.208. The molecular formula is C24H22N4O5. The summed E-state index contributed by atoms with van der Waals surface area (Å²) in [6.45, 7) is 1.76. The second-order valence-electron chi connectivity index (χ2n) is 7.73. The number of nitro benzene ring substituents is 1. The largest absolute Gasteiger partial charge is 0.455 e. The third-order valence-electron chi connectivity index (χ3n) is 5.37. The van der Waals surface area contributed by atoms with Crippen molar-refractivity contribution in [2.75, 3.05) is 5.32 Å². The van der Waals surface area contributed by atoms with Gasteiger partial charge in [-0.1, -0.05) is 36.4 Å². The first kappa shape index (κ1) is 21.9. The summed E-state index contributed by atoms with van der Waals surface area (Å²) in [5.74, 6) is 0.0242. The number of carbonyl (C=O) groups excluding carboxylic acids is 2. The molecule has 0 unspecified atom stereocenters. The minimum Gasteiger partial charge on any atom is -0.455 e. The molecule has 9 heteroatoms. The second-order valence-corrected chi connectivity index (χ2v) is 7.73. The van der Waals surface area contributed by atoms with Crippen molar-refractivity contribution >= 4 is 28.9 Å². The molecule has 1 aliphatic rings. The summed E-state index contributed by atoms with van der Waals surface area (Å²) >= 11 is 0. The molecule has 0 saturated heterocycles. The number of non-ortho nitro benzene ring substituents is 1. The molecule has 0 bridgehead atoms. The van der Waals surface area contributed by atoms with Crippen LogP contribution in [0.25, 0.3) is 0 Å². The van der Waals surface area contributed by atoms with Gasteiger partial charge in [0.25, 0.3) is 11.6 Å². The van der Waals surface area contributed by atoms with Crippen LogP contribution < -0.4 is 10.7 Å². The first-order valence-electron chi connectivity index (χ1n) is 10.5. The number of hydrazone groups is 1. The van der Waals surface area contributed by atoms with Crippen molar-refractivity contribution in [3.63, 3.8) is 0 Å². The molecule has 9 nitrogen and oxygen atoms in total. The molecule has 1 heterocycles. The van der Waals surface area contributed by atoms with E-state index in [2.05, 4.69) is 15.8 Å². The molecule has 1 aliphatic carbocycles. The Morgan fingerprint density at radius 1 is 1.12 bits per heavy atom. The maximum absolute atomic E-state index is 12.8. The number of rotatable bonds is 6. The molecule has 0 saturated carbocycles. The molecule has 0 aliphatic heterocycles. The second kappa shape index (κ2) is 9.47. The zero-order valence-corrected chi connectivity index (χ0v) is 18.0. The summed E-state index contributed by atoms with van der Waals surface area (Å²) in [7, 11) is 0. The van der Waals surface area contributed by atoms with Crippen LogP contribution >= 0.6 is 0 Å². The van der Waals surface area contributed by atoms with Gasteiger partial charge in [-0.25, -0.2) is 5.43 Å². The average molecular weight is 446 g/mol. The van der Waals surface area contributed by atoms with E-state index in [4.69, 9.17) is 4.42 Å². The van der Waals surface area contributed by atoms with Gasteiger partial charge in [0.05, 0.1) is 17.1 Å². The molecule has 2 N–H and O–H groups in total. The molecule has 0 spiro atoms. The molecule has 2 aromatic carbocycles. The Bertz CT molecular complexity index is 1250. The van der Waals surface area contributed by atoms with E-state index >= 15 is 0 Å². The fourth-order valence-corrected chi connectivity index (χ4v) is 3.83. The number of benzene rings is 2. The molecule has 168 valence electrons. The Morgan fingerprint density at radius 3 is 2.67 bits per heavy atom. The zero-order valence-electron chi connectivity index (χ0n) is 18.0. The van der Waals surface area contributed by atoms with Gasteiger partial charge in [-0.05, 0) is 31.4 Å². The molecule has 33 heavy (non-hydrogen) atoms. The lowest BCUT2D eigenvalue weighted by Crippen LogP contribution is -2.23. The number of anilines is 1. The number of nitro groups is 1. The van der Waals surface area contributed by atoms with Crippen molar-refractivity contribution < 1.29 is 18.9 Å². The highest BCUT2D eigenvalue weighted by Gasteiger charge is 2.28. The molecule has 2 amide bonds. The highest BCUT2D eigenvalue weighted by molar-refractivity contribution is 6.09. The fourth-order valence-electron chi connectivity index (χ4n) is 3.83. The van der Waals surface area contributed by atoms with E-state index in [0.29, 0.717) is 35.6 Å². The van der Waals surface area contributed by atoms with Crippen LogP contribution in [-0.4, -0.2) is 22.4 Å². The summed E-state index contributed by atoms with van der Waals surface area (Å²) in [5.41, 5.74) is 5.67. The van der Waals surface area contributed by atoms with Crippen molar-refractivity contribution in [1.82, 2.24) is 5.43 Å². The molecule has 0 fully saturated rings. The summed E-state index contributed by atoms with van der Waals surface area (Å²) in [6, 6.07) is 15.1. The Labute approximate surface area is 189 Å². The van der Waals surface area contributed by atoms with Gasteiger partial charge in [-0.3, -0.25) is 19.7 Å². The van der Waals surface area contributed by atoms with Gasteiger partial charge < -0.3 is 9.73 Å². The summed E-state index contributed by atoms with van der Waals surface area (Å²) in [6.07, 6.45) is 2.28. The van der Waals surface area contributed by atoms with Gasteiger partial charge in [0.15, 0.2) is 5.76 Å². The number of nitrogens with zero attached hydrogens (tertiary/aromatic N) is 2. The van der Waals surface area contributed by atoms with Crippen LogP contribution in [0.4, 0.5) is 11.4 Å². The Hall–Kier alpha value is -4.27. The number of hydrogen-bond acceptors (Lipinski definition) is 6. The van der Waals surface area contributed by atoms with Crippen LogP contribution in [0.15, 0.2) is 64.1 Å². The smallest absolute Gasteiger partial charge is 0.291 e. The number of aryl methyl sites for hydroxylation is 1. The van der Waals surface area contributed by atoms with Crippen LogP contribution in [-0.2, 0) is 17.6 Å². The Morgan fingerprint density at radius 2 is 1.91 bits per heavy atom. The van der Waals surface area contributed by atoms with Gasteiger partial charge in [0.1, 0.15) is 5.76 Å². The van der Waals surface area contributed by atoms with Crippen LogP contribution in [0, 0.1) is 17.0 Å². The highest BCUT2D eigenvalue weighted by atomic mass is 16.6. The molecule has 1 aromatic heterocycles. The number of carbonyl (C=O) groups is 2. The summed E-state index contributed by atoms with van der Waals surface area (Å²) in [5, 5.41) is 17.9. The predicted molar refractivity (Wildman–Crippen MR) is 122 cm³/mol. The van der Waals surface area contributed by atoms with E-state index < -0.39 is 10.8 Å². The van der Waals surface area contributed by atoms with Gasteiger partial charge in [-0.15, -0.1) is 0 Å². The SMILES string of the molecule is Cc1c(C(=O)Nc2cccc([N+](=O)[O-])c2)oc2c1/C(=N/NC(=O)Cc1ccccc1)CCC2. The van der Waals surface area contributed by atoms with E-state index in [-0.39, 0.29) is 23.8 Å². The lowest BCUT2D eigenvalue weighted by molar-refractivity contribution is -0.384. The number of nitrogens with one attached hydrogen (secondary N) is 2. The van der Waals surface area contributed by atoms with Crippen LogP contribution in [0.2, 0.25) is 0 Å². The molecule has 0 radical (unpaired) electrons. The maximum atomic E-state index is 12.8. The Balaban J connectivity index is 1.51. The molecule has 4 rings (SSSR count). The summed E-state index contributed by atoms with van der Waals surface area (Å²) < 4.78 is 5.84. The molecular weight excluding hydrogens is 424 g/mol. The number of hydrogen-bond donors (Lipinski definition) is 2. The van der Waals surface area contributed by atoms with Crippen LogP contribution in [0.3, 0.4) is 0 Å². The van der Waals surface area contributed by atoms with Crippen molar-refractivity contribution in [2.45, 2.75) is 32.6 Å². The van der Waals surface area contributed by atoms with Gasteiger partial charge in [0.2, 0.25) is 5.91 Å². The van der Waals surface area contributed by atoms with Gasteiger partial charge >= 0.3 is 0 Å². The van der Waals surface area contributed by atoms with Crippen molar-refractivity contribution in [3.05, 3.63) is 92.9 Å². The van der Waals surface area contributed by atoms with E-state index in [0.717, 1.165) is 17.5 Å². The quantitative estimate of drug-likeness (QED) is 0.434. The van der Waals surface area contributed by atoms with Crippen LogP contribution in [0.1, 0.15) is 45.8 Å². The van der Waals surface area contributed by atoms with E-state index in [1.54, 1.807) is 13.0 Å². The minimum absolute atomic E-state index is 0.121. The maximum Gasteiger partial charge on any atom is 0.291 e. The summed E-state index contributed by atoms with van der Waals surface area (Å²) in [4.78, 5) is 35.6. The lowest BCUT2D eigenvalue weighted by Gasteiger charge is -2.13. The third kappa shape index (κ3) is 4.98. The van der Waals surface area contributed by atoms with Crippen LogP contribution in [0.5, 0.6) is 0 Å². The topological polar surface area (TPSA) is 127 Å². The predicted octanol–water partition coefficient (Wildman–Crippen LogP) is 4.15. The highest BCUT2D eigenvalue weighted by Crippen LogP contribution is 2.30. The molecule has 3 aromatic rings. The number of fused-ring (bicyclic) bond motifs is 1. The van der Waals surface area contributed by atoms with Crippen molar-refractivity contribution in [3.8, 4) is 0 Å². The number of furan rings is 1.